The Kier molecular flexibility index (Phi) is 6.34. The summed E-state index contributed by atoms with van der Waals surface area (Å²) in [5.74, 6) is 1.03. The van der Waals surface area contributed by atoms with Crippen LogP contribution < -0.4 is 10.1 Å². The van der Waals surface area contributed by atoms with E-state index in [1.807, 2.05) is 0 Å². The van der Waals surface area contributed by atoms with Gasteiger partial charge in [-0.1, -0.05) is 25.1 Å². The summed E-state index contributed by atoms with van der Waals surface area (Å²) in [4.78, 5) is 0. The highest BCUT2D eigenvalue weighted by atomic mass is 16.5. The van der Waals surface area contributed by atoms with Crippen LogP contribution in [0.4, 0.5) is 0 Å². The van der Waals surface area contributed by atoms with Gasteiger partial charge in [0.25, 0.3) is 0 Å². The third-order valence-electron chi connectivity index (χ3n) is 3.92. The highest BCUT2D eigenvalue weighted by molar-refractivity contribution is 5.33. The van der Waals surface area contributed by atoms with E-state index in [2.05, 4.69) is 36.5 Å². The third kappa shape index (κ3) is 4.50. The Bertz CT molecular complexity index is 394. The Hall–Kier alpha value is -1.06. The molecular formula is C17H27NO2. The Morgan fingerprint density at radius 2 is 2.00 bits per heavy atom. The predicted molar refractivity (Wildman–Crippen MR) is 82.1 cm³/mol. The van der Waals surface area contributed by atoms with E-state index in [4.69, 9.17) is 9.47 Å². The van der Waals surface area contributed by atoms with Crippen LogP contribution in [0.1, 0.15) is 44.6 Å². The Labute approximate surface area is 122 Å². The molecule has 0 radical (unpaired) electrons. The SMILES string of the molecule is CCCNCc1ccccc1OC1CCCC(OC)C1. The van der Waals surface area contributed by atoms with Gasteiger partial charge in [-0.25, -0.2) is 0 Å². The van der Waals surface area contributed by atoms with E-state index >= 15 is 0 Å². The second-order valence-corrected chi connectivity index (χ2v) is 5.55. The van der Waals surface area contributed by atoms with Gasteiger partial charge in [0.05, 0.1) is 6.10 Å². The average molecular weight is 277 g/mol. The summed E-state index contributed by atoms with van der Waals surface area (Å²) in [7, 11) is 1.80. The number of methoxy groups -OCH3 is 1. The van der Waals surface area contributed by atoms with E-state index in [1.54, 1.807) is 7.11 Å². The smallest absolute Gasteiger partial charge is 0.124 e. The predicted octanol–water partition coefficient (Wildman–Crippen LogP) is 3.52. The molecule has 112 valence electrons. The van der Waals surface area contributed by atoms with Crippen LogP contribution in [0, 0.1) is 0 Å². The molecule has 0 spiro atoms. The molecule has 0 bridgehead atoms. The largest absolute Gasteiger partial charge is 0.490 e. The highest BCUT2D eigenvalue weighted by Gasteiger charge is 2.23. The molecule has 20 heavy (non-hydrogen) atoms. The van der Waals surface area contributed by atoms with Gasteiger partial charge in [-0.3, -0.25) is 0 Å². The maximum atomic E-state index is 6.23. The number of rotatable bonds is 7. The van der Waals surface area contributed by atoms with Gasteiger partial charge in [-0.05, 0) is 38.3 Å². The third-order valence-corrected chi connectivity index (χ3v) is 3.92. The first-order chi connectivity index (χ1) is 9.83. The molecule has 2 rings (SSSR count). The zero-order chi connectivity index (χ0) is 14.2. The lowest BCUT2D eigenvalue weighted by atomic mass is 9.95. The van der Waals surface area contributed by atoms with Gasteiger partial charge in [0, 0.05) is 25.6 Å². The van der Waals surface area contributed by atoms with Gasteiger partial charge in [0.15, 0.2) is 0 Å². The van der Waals surface area contributed by atoms with E-state index in [1.165, 1.54) is 12.0 Å². The molecule has 1 aromatic rings. The van der Waals surface area contributed by atoms with Crippen molar-refractivity contribution in [2.75, 3.05) is 13.7 Å². The molecule has 1 fully saturated rings. The number of hydrogen-bond acceptors (Lipinski definition) is 3. The maximum absolute atomic E-state index is 6.23. The molecule has 1 aliphatic carbocycles. The van der Waals surface area contributed by atoms with Gasteiger partial charge in [0.1, 0.15) is 11.9 Å². The fraction of sp³-hybridized carbons (Fsp3) is 0.647. The summed E-state index contributed by atoms with van der Waals surface area (Å²) in [5, 5.41) is 3.44. The van der Waals surface area contributed by atoms with Gasteiger partial charge in [0.2, 0.25) is 0 Å². The molecule has 0 amide bonds. The van der Waals surface area contributed by atoms with E-state index in [0.717, 1.165) is 44.5 Å². The van der Waals surface area contributed by atoms with E-state index in [-0.39, 0.29) is 0 Å². The zero-order valence-corrected chi connectivity index (χ0v) is 12.7. The second kappa shape index (κ2) is 8.28. The second-order valence-electron chi connectivity index (χ2n) is 5.55. The lowest BCUT2D eigenvalue weighted by Crippen LogP contribution is -2.30. The van der Waals surface area contributed by atoms with Crippen molar-refractivity contribution in [3.63, 3.8) is 0 Å². The summed E-state index contributed by atoms with van der Waals surface area (Å²) in [6.07, 6.45) is 6.31. The van der Waals surface area contributed by atoms with Gasteiger partial charge < -0.3 is 14.8 Å². The first-order valence-electron chi connectivity index (χ1n) is 7.81. The Balaban J connectivity index is 1.94. The molecule has 3 nitrogen and oxygen atoms in total. The van der Waals surface area contributed by atoms with Crippen molar-refractivity contribution in [1.82, 2.24) is 5.32 Å². The molecule has 1 aromatic carbocycles. The summed E-state index contributed by atoms with van der Waals surface area (Å²) >= 11 is 0. The first kappa shape index (κ1) is 15.3. The van der Waals surface area contributed by atoms with Crippen molar-refractivity contribution in [2.24, 2.45) is 0 Å². The van der Waals surface area contributed by atoms with Crippen LogP contribution in [0.15, 0.2) is 24.3 Å². The minimum absolute atomic E-state index is 0.293. The highest BCUT2D eigenvalue weighted by Crippen LogP contribution is 2.27. The summed E-state index contributed by atoms with van der Waals surface area (Å²) in [6.45, 7) is 4.11. The topological polar surface area (TPSA) is 30.5 Å². The van der Waals surface area contributed by atoms with Crippen LogP contribution in [0.2, 0.25) is 0 Å². The molecule has 0 aliphatic heterocycles. The monoisotopic (exact) mass is 277 g/mol. The minimum atomic E-state index is 0.293. The van der Waals surface area contributed by atoms with Crippen molar-refractivity contribution in [1.29, 1.82) is 0 Å². The first-order valence-corrected chi connectivity index (χ1v) is 7.81. The number of para-hydroxylation sites is 1. The number of nitrogens with one attached hydrogen (secondary N) is 1. The fourth-order valence-corrected chi connectivity index (χ4v) is 2.77. The van der Waals surface area contributed by atoms with Crippen LogP contribution >= 0.6 is 0 Å². The molecule has 1 aliphatic rings. The molecule has 1 saturated carbocycles. The van der Waals surface area contributed by atoms with Gasteiger partial charge in [-0.15, -0.1) is 0 Å². The van der Waals surface area contributed by atoms with Gasteiger partial charge >= 0.3 is 0 Å². The molecule has 0 aromatic heterocycles. The lowest BCUT2D eigenvalue weighted by Gasteiger charge is -2.29. The number of benzene rings is 1. The van der Waals surface area contributed by atoms with E-state index in [9.17, 15) is 0 Å². The Morgan fingerprint density at radius 1 is 1.20 bits per heavy atom. The van der Waals surface area contributed by atoms with Crippen LogP contribution in [0.25, 0.3) is 0 Å². The molecule has 0 saturated heterocycles. The number of ether oxygens (including phenoxy) is 2. The molecule has 2 atom stereocenters. The standard InChI is InChI=1S/C17H27NO2/c1-3-11-18-13-14-7-4-5-10-17(14)20-16-9-6-8-15(12-16)19-2/h4-5,7,10,15-16,18H,3,6,8-9,11-13H2,1-2H3. The van der Waals surface area contributed by atoms with Crippen molar-refractivity contribution >= 4 is 0 Å². The number of hydrogen-bond donors (Lipinski definition) is 1. The van der Waals surface area contributed by atoms with Gasteiger partial charge in [-0.2, -0.15) is 0 Å². The average Bonchev–Trinajstić information content (AvgIpc) is 2.49. The minimum Gasteiger partial charge on any atom is -0.490 e. The van der Waals surface area contributed by atoms with Crippen molar-refractivity contribution < 1.29 is 9.47 Å². The quantitative estimate of drug-likeness (QED) is 0.774. The van der Waals surface area contributed by atoms with Crippen molar-refractivity contribution in [2.45, 2.75) is 57.8 Å². The molecular weight excluding hydrogens is 250 g/mol. The lowest BCUT2D eigenvalue weighted by molar-refractivity contribution is 0.0206. The molecule has 0 heterocycles. The zero-order valence-electron chi connectivity index (χ0n) is 12.7. The maximum Gasteiger partial charge on any atom is 0.124 e. The van der Waals surface area contributed by atoms with Crippen molar-refractivity contribution in [3.8, 4) is 5.75 Å². The molecule has 3 heteroatoms. The van der Waals surface area contributed by atoms with Crippen LogP contribution in [-0.2, 0) is 11.3 Å². The van der Waals surface area contributed by atoms with E-state index in [0.29, 0.717) is 12.2 Å². The summed E-state index contributed by atoms with van der Waals surface area (Å²) in [6, 6.07) is 8.36. The normalized spacial score (nSPS) is 22.7. The Morgan fingerprint density at radius 3 is 2.80 bits per heavy atom. The van der Waals surface area contributed by atoms with Crippen LogP contribution in [0.5, 0.6) is 5.75 Å². The summed E-state index contributed by atoms with van der Waals surface area (Å²) in [5.41, 5.74) is 1.25. The van der Waals surface area contributed by atoms with Crippen LogP contribution in [0.3, 0.4) is 0 Å². The van der Waals surface area contributed by atoms with Crippen molar-refractivity contribution in [3.05, 3.63) is 29.8 Å². The van der Waals surface area contributed by atoms with E-state index < -0.39 is 0 Å². The molecule has 1 N–H and O–H groups in total. The fourth-order valence-electron chi connectivity index (χ4n) is 2.77. The molecule has 2 unspecified atom stereocenters. The summed E-state index contributed by atoms with van der Waals surface area (Å²) < 4.78 is 11.7. The van der Waals surface area contributed by atoms with Crippen LogP contribution in [-0.4, -0.2) is 25.9 Å².